The second-order valence-corrected chi connectivity index (χ2v) is 10.2. The van der Waals surface area contributed by atoms with Crippen LogP contribution in [0.4, 0.5) is 5.95 Å². The molecule has 6 rings (SSSR count). The number of carbonyl (C=O) groups is 1. The van der Waals surface area contributed by atoms with Crippen LogP contribution in [0, 0.1) is 13.8 Å². The first-order chi connectivity index (χ1) is 18.0. The average molecular weight is 528 g/mol. The van der Waals surface area contributed by atoms with Crippen LogP contribution in [0.25, 0.3) is 28.2 Å². The third-order valence-corrected chi connectivity index (χ3v) is 7.70. The molecule has 37 heavy (non-hydrogen) atoms. The molecule has 1 unspecified atom stereocenters. The number of anilines is 1. The summed E-state index contributed by atoms with van der Waals surface area (Å²) in [5.74, 6) is 1.26. The molecule has 1 saturated heterocycles. The number of thioether (sulfide) groups is 1. The maximum atomic E-state index is 13.1. The van der Waals surface area contributed by atoms with E-state index in [2.05, 4.69) is 0 Å². The molecule has 1 fully saturated rings. The fourth-order valence-corrected chi connectivity index (χ4v) is 5.78. The monoisotopic (exact) mass is 527 g/mol. The molecule has 184 valence electrons. The largest absolute Gasteiger partial charge is 0.466 e. The number of carbonyl (C=O) groups excluding carboxylic acids is 1. The maximum absolute atomic E-state index is 13.1. The minimum atomic E-state index is -0.343. The number of benzene rings is 2. The molecule has 1 aliphatic rings. The zero-order valence-electron chi connectivity index (χ0n) is 20.1. The number of aryl methyl sites for hydroxylation is 1. The number of para-hydroxylation sites is 1. The number of nitrogens with zero attached hydrogens (tertiary/aromatic N) is 5. The van der Waals surface area contributed by atoms with Crippen molar-refractivity contribution >= 4 is 35.2 Å². The third-order valence-electron chi connectivity index (χ3n) is 6.27. The Kier molecular flexibility index (Phi) is 6.06. The molecule has 3 aromatic heterocycles. The van der Waals surface area contributed by atoms with E-state index in [1.807, 2.05) is 91.3 Å². The van der Waals surface area contributed by atoms with Crippen LogP contribution >= 0.6 is 23.4 Å². The van der Waals surface area contributed by atoms with Crippen molar-refractivity contribution < 1.29 is 9.21 Å². The van der Waals surface area contributed by atoms with Gasteiger partial charge in [0.2, 0.25) is 11.9 Å². The molecular weight excluding hydrogens is 506 g/mol. The Morgan fingerprint density at radius 3 is 2.46 bits per heavy atom. The number of rotatable bonds is 5. The minimum absolute atomic E-state index is 0.0703. The van der Waals surface area contributed by atoms with Crippen LogP contribution in [-0.4, -0.2) is 31.4 Å². The highest BCUT2D eigenvalue weighted by atomic mass is 35.5. The van der Waals surface area contributed by atoms with Gasteiger partial charge in [-0.25, -0.2) is 14.6 Å². The van der Waals surface area contributed by atoms with Crippen LogP contribution in [0.15, 0.2) is 83.5 Å². The fourth-order valence-electron chi connectivity index (χ4n) is 4.56. The average Bonchev–Trinajstić information content (AvgIpc) is 3.64. The van der Waals surface area contributed by atoms with Crippen molar-refractivity contribution in [3.63, 3.8) is 0 Å². The van der Waals surface area contributed by atoms with Crippen LogP contribution in [0.3, 0.4) is 0 Å². The number of halogens is 1. The van der Waals surface area contributed by atoms with Gasteiger partial charge in [-0.05, 0) is 56.3 Å². The van der Waals surface area contributed by atoms with E-state index in [4.69, 9.17) is 31.1 Å². The molecule has 0 aliphatic carbocycles. The molecule has 0 radical (unpaired) electrons. The van der Waals surface area contributed by atoms with Crippen LogP contribution in [0.1, 0.15) is 22.5 Å². The lowest BCUT2D eigenvalue weighted by atomic mass is 10.1. The van der Waals surface area contributed by atoms with Crippen molar-refractivity contribution in [3.8, 4) is 28.2 Å². The summed E-state index contributed by atoms with van der Waals surface area (Å²) in [6, 6.07) is 23.1. The quantitative estimate of drug-likeness (QED) is 0.255. The Morgan fingerprint density at radius 2 is 1.73 bits per heavy atom. The Balaban J connectivity index is 1.54. The zero-order chi connectivity index (χ0) is 25.5. The lowest BCUT2D eigenvalue weighted by molar-refractivity contribution is -0.116. The van der Waals surface area contributed by atoms with Gasteiger partial charge in [-0.2, -0.15) is 5.10 Å². The van der Waals surface area contributed by atoms with Crippen molar-refractivity contribution in [1.29, 1.82) is 0 Å². The smallest absolute Gasteiger partial charge is 0.240 e. The molecule has 0 spiro atoms. The second kappa shape index (κ2) is 9.53. The number of aromatic nitrogens is 4. The molecule has 2 aromatic carbocycles. The van der Waals surface area contributed by atoms with Crippen LogP contribution in [0.2, 0.25) is 5.02 Å². The van der Waals surface area contributed by atoms with Crippen molar-refractivity contribution in [2.45, 2.75) is 19.2 Å². The van der Waals surface area contributed by atoms with Crippen molar-refractivity contribution in [2.24, 2.45) is 0 Å². The molecule has 5 aromatic rings. The van der Waals surface area contributed by atoms with Crippen LogP contribution in [-0.2, 0) is 4.79 Å². The van der Waals surface area contributed by atoms with Gasteiger partial charge in [-0.15, -0.1) is 11.8 Å². The van der Waals surface area contributed by atoms with E-state index < -0.39 is 0 Å². The van der Waals surface area contributed by atoms with E-state index in [-0.39, 0.29) is 11.3 Å². The topological polar surface area (TPSA) is 77.0 Å². The van der Waals surface area contributed by atoms with E-state index in [1.54, 1.807) is 11.2 Å². The summed E-state index contributed by atoms with van der Waals surface area (Å²) >= 11 is 7.64. The van der Waals surface area contributed by atoms with Gasteiger partial charge in [-0.3, -0.25) is 9.69 Å². The van der Waals surface area contributed by atoms with Gasteiger partial charge in [0.05, 0.1) is 40.5 Å². The van der Waals surface area contributed by atoms with Gasteiger partial charge in [0.25, 0.3) is 0 Å². The lowest BCUT2D eigenvalue weighted by Crippen LogP contribution is -2.29. The van der Waals surface area contributed by atoms with Crippen molar-refractivity contribution in [1.82, 2.24) is 19.7 Å². The molecular formula is C28H22ClN5O2S. The Labute approximate surface area is 223 Å². The standard InChI is InChI=1S/C28H22ClN5O2S/c1-17-26(18(2)34(32-17)21-7-4-3-5-8-21)23-15-22(19-10-12-20(29)13-11-19)30-28(31-23)33-25(35)16-37-27(33)24-9-6-14-36-24/h3-15,27H,16H2,1-2H3. The van der Waals surface area contributed by atoms with Crippen LogP contribution in [0.5, 0.6) is 0 Å². The molecule has 0 N–H and O–H groups in total. The van der Waals surface area contributed by atoms with Gasteiger partial charge < -0.3 is 4.42 Å². The molecule has 1 amide bonds. The van der Waals surface area contributed by atoms with Crippen molar-refractivity contribution in [3.05, 3.63) is 101 Å². The Morgan fingerprint density at radius 1 is 0.973 bits per heavy atom. The Hall–Kier alpha value is -3.88. The summed E-state index contributed by atoms with van der Waals surface area (Å²) in [4.78, 5) is 24.5. The SMILES string of the molecule is Cc1nn(-c2ccccc2)c(C)c1-c1cc(-c2ccc(Cl)cc2)nc(N2C(=O)CSC2c2ccco2)n1. The highest BCUT2D eigenvalue weighted by Crippen LogP contribution is 2.42. The summed E-state index contributed by atoms with van der Waals surface area (Å²) in [5.41, 5.74) is 5.88. The molecule has 9 heteroatoms. The summed E-state index contributed by atoms with van der Waals surface area (Å²) in [5, 5.41) is 5.10. The molecule has 1 aliphatic heterocycles. The highest BCUT2D eigenvalue weighted by molar-refractivity contribution is 8.00. The normalized spacial score (nSPS) is 15.5. The second-order valence-electron chi connectivity index (χ2n) is 8.68. The molecule has 7 nitrogen and oxygen atoms in total. The minimum Gasteiger partial charge on any atom is -0.466 e. The van der Waals surface area contributed by atoms with Crippen molar-refractivity contribution in [2.75, 3.05) is 10.7 Å². The maximum Gasteiger partial charge on any atom is 0.240 e. The highest BCUT2D eigenvalue weighted by Gasteiger charge is 2.38. The number of hydrogen-bond acceptors (Lipinski definition) is 6. The molecule has 4 heterocycles. The van der Waals surface area contributed by atoms with E-state index >= 15 is 0 Å². The van der Waals surface area contributed by atoms with E-state index in [1.165, 1.54) is 11.8 Å². The third kappa shape index (κ3) is 4.32. The fraction of sp³-hybridized carbons (Fsp3) is 0.143. The van der Waals surface area contributed by atoms with Gasteiger partial charge in [0.15, 0.2) is 0 Å². The number of hydrogen-bond donors (Lipinski definition) is 0. The number of furan rings is 1. The van der Waals surface area contributed by atoms with E-state index in [0.717, 1.165) is 28.2 Å². The van der Waals surface area contributed by atoms with Gasteiger partial charge >= 0.3 is 0 Å². The summed E-state index contributed by atoms with van der Waals surface area (Å²) in [6.45, 7) is 3.99. The van der Waals surface area contributed by atoms with Gasteiger partial charge in [-0.1, -0.05) is 41.9 Å². The predicted molar refractivity (Wildman–Crippen MR) is 146 cm³/mol. The van der Waals surface area contributed by atoms with Gasteiger partial charge in [0, 0.05) is 16.1 Å². The van der Waals surface area contributed by atoms with Crippen LogP contribution < -0.4 is 4.90 Å². The number of amides is 1. The molecule has 1 atom stereocenters. The molecule has 0 bridgehead atoms. The predicted octanol–water partition coefficient (Wildman–Crippen LogP) is 6.64. The zero-order valence-corrected chi connectivity index (χ0v) is 21.7. The molecule has 0 saturated carbocycles. The Bertz CT molecular complexity index is 1580. The first-order valence-electron chi connectivity index (χ1n) is 11.7. The van der Waals surface area contributed by atoms with E-state index in [9.17, 15) is 4.79 Å². The first-order valence-corrected chi connectivity index (χ1v) is 13.2. The summed E-state index contributed by atoms with van der Waals surface area (Å²) in [6.07, 6.45) is 1.61. The lowest BCUT2D eigenvalue weighted by Gasteiger charge is -2.21. The summed E-state index contributed by atoms with van der Waals surface area (Å²) in [7, 11) is 0. The van der Waals surface area contributed by atoms with E-state index in [0.29, 0.717) is 33.9 Å². The summed E-state index contributed by atoms with van der Waals surface area (Å²) < 4.78 is 7.57. The first kappa shape index (κ1) is 23.5. The van der Waals surface area contributed by atoms with Gasteiger partial charge in [0.1, 0.15) is 11.1 Å².